The van der Waals surface area contributed by atoms with E-state index in [2.05, 4.69) is 43.2 Å². The largest absolute Gasteiger partial charge is 0.457 e. The van der Waals surface area contributed by atoms with Crippen molar-refractivity contribution in [3.05, 3.63) is 22.8 Å². The van der Waals surface area contributed by atoms with Crippen molar-refractivity contribution in [2.45, 2.75) is 13.0 Å². The Morgan fingerprint density at radius 3 is 2.89 bits per heavy atom. The summed E-state index contributed by atoms with van der Waals surface area (Å²) in [6, 6.07) is 1.96. The fourth-order valence-corrected chi connectivity index (χ4v) is 2.60. The third-order valence-corrected chi connectivity index (χ3v) is 3.98. The molecule has 19 heavy (non-hydrogen) atoms. The van der Waals surface area contributed by atoms with E-state index >= 15 is 0 Å². The molecule has 0 aliphatic carbocycles. The zero-order valence-corrected chi connectivity index (χ0v) is 12.2. The molecule has 1 aliphatic rings. The van der Waals surface area contributed by atoms with Crippen molar-refractivity contribution in [3.8, 4) is 11.5 Å². The van der Waals surface area contributed by atoms with Crippen LogP contribution in [0.1, 0.15) is 18.8 Å². The van der Waals surface area contributed by atoms with E-state index in [4.69, 9.17) is 8.94 Å². The van der Waals surface area contributed by atoms with Crippen molar-refractivity contribution in [2.75, 3.05) is 26.2 Å². The molecule has 0 aromatic carbocycles. The standard InChI is InChI=1S/C12H15BrN4O2/c1-8(17-5-3-14-4-6-17)11-15-12(19-16-11)9-2-7-18-10(9)13/h2,7-8,14H,3-6H2,1H3. The summed E-state index contributed by atoms with van der Waals surface area (Å²) in [5.41, 5.74) is 0.784. The lowest BCUT2D eigenvalue weighted by Gasteiger charge is -2.30. The molecule has 0 spiro atoms. The van der Waals surface area contributed by atoms with Crippen LogP contribution in [0.15, 0.2) is 25.9 Å². The number of furan rings is 1. The van der Waals surface area contributed by atoms with Gasteiger partial charge in [0.1, 0.15) is 0 Å². The molecular weight excluding hydrogens is 312 g/mol. The van der Waals surface area contributed by atoms with Crippen molar-refractivity contribution in [1.29, 1.82) is 0 Å². The summed E-state index contributed by atoms with van der Waals surface area (Å²) in [6.07, 6.45) is 1.59. The lowest BCUT2D eigenvalue weighted by atomic mass is 10.2. The monoisotopic (exact) mass is 326 g/mol. The summed E-state index contributed by atoms with van der Waals surface area (Å²) in [7, 11) is 0. The van der Waals surface area contributed by atoms with Crippen molar-refractivity contribution in [2.24, 2.45) is 0 Å². The fraction of sp³-hybridized carbons (Fsp3) is 0.500. The molecule has 102 valence electrons. The number of nitrogens with one attached hydrogen (secondary N) is 1. The molecule has 3 heterocycles. The Kier molecular flexibility index (Phi) is 3.67. The topological polar surface area (TPSA) is 67.3 Å². The number of hydrogen-bond donors (Lipinski definition) is 1. The predicted octanol–water partition coefficient (Wildman–Crippen LogP) is 2.06. The van der Waals surface area contributed by atoms with Crippen LogP contribution in [0.4, 0.5) is 0 Å². The van der Waals surface area contributed by atoms with Gasteiger partial charge < -0.3 is 14.3 Å². The zero-order valence-electron chi connectivity index (χ0n) is 10.6. The molecule has 0 saturated carbocycles. The van der Waals surface area contributed by atoms with Crippen LogP contribution in [-0.2, 0) is 0 Å². The Morgan fingerprint density at radius 2 is 2.21 bits per heavy atom. The van der Waals surface area contributed by atoms with Gasteiger partial charge in [-0.3, -0.25) is 4.90 Å². The minimum atomic E-state index is 0.158. The number of nitrogens with zero attached hydrogens (tertiary/aromatic N) is 3. The molecule has 1 N–H and O–H groups in total. The minimum absolute atomic E-state index is 0.158. The first-order valence-electron chi connectivity index (χ1n) is 6.27. The highest BCUT2D eigenvalue weighted by Crippen LogP contribution is 2.29. The number of aromatic nitrogens is 2. The van der Waals surface area contributed by atoms with Crippen LogP contribution in [0.2, 0.25) is 0 Å². The molecule has 0 radical (unpaired) electrons. The van der Waals surface area contributed by atoms with E-state index in [1.165, 1.54) is 0 Å². The smallest absolute Gasteiger partial charge is 0.262 e. The summed E-state index contributed by atoms with van der Waals surface area (Å²) in [5, 5.41) is 7.41. The average molecular weight is 327 g/mol. The van der Waals surface area contributed by atoms with E-state index in [9.17, 15) is 0 Å². The molecule has 6 nitrogen and oxygen atoms in total. The van der Waals surface area contributed by atoms with Gasteiger partial charge in [0.25, 0.3) is 5.89 Å². The molecule has 2 aromatic rings. The third kappa shape index (κ3) is 2.58. The van der Waals surface area contributed by atoms with Gasteiger partial charge in [-0.2, -0.15) is 4.98 Å². The normalized spacial score (nSPS) is 18.6. The van der Waals surface area contributed by atoms with Gasteiger partial charge in [0.05, 0.1) is 17.9 Å². The highest BCUT2D eigenvalue weighted by molar-refractivity contribution is 9.10. The van der Waals surface area contributed by atoms with Crippen molar-refractivity contribution < 1.29 is 8.94 Å². The van der Waals surface area contributed by atoms with Crippen molar-refractivity contribution in [1.82, 2.24) is 20.4 Å². The van der Waals surface area contributed by atoms with E-state index in [1.807, 2.05) is 0 Å². The molecule has 1 unspecified atom stereocenters. The van der Waals surface area contributed by atoms with Gasteiger partial charge in [-0.25, -0.2) is 0 Å². The van der Waals surface area contributed by atoms with Crippen LogP contribution in [-0.4, -0.2) is 41.2 Å². The third-order valence-electron chi connectivity index (χ3n) is 3.36. The maximum Gasteiger partial charge on any atom is 0.262 e. The lowest BCUT2D eigenvalue weighted by molar-refractivity contribution is 0.176. The Balaban J connectivity index is 1.79. The number of rotatable bonds is 3. The van der Waals surface area contributed by atoms with E-state index in [0.717, 1.165) is 31.7 Å². The van der Waals surface area contributed by atoms with Gasteiger partial charge in [-0.05, 0) is 28.9 Å². The molecule has 2 aromatic heterocycles. The lowest BCUT2D eigenvalue weighted by Crippen LogP contribution is -2.44. The molecule has 0 bridgehead atoms. The Hall–Kier alpha value is -1.18. The Morgan fingerprint density at radius 1 is 1.42 bits per heavy atom. The highest BCUT2D eigenvalue weighted by Gasteiger charge is 2.23. The second-order valence-corrected chi connectivity index (χ2v) is 5.25. The molecule has 1 atom stereocenters. The van der Waals surface area contributed by atoms with E-state index in [1.54, 1.807) is 12.3 Å². The molecular formula is C12H15BrN4O2. The van der Waals surface area contributed by atoms with E-state index in [-0.39, 0.29) is 6.04 Å². The van der Waals surface area contributed by atoms with Crippen LogP contribution in [0.25, 0.3) is 11.5 Å². The summed E-state index contributed by atoms with van der Waals surface area (Å²) < 4.78 is 11.1. The Bertz CT molecular complexity index is 547. The van der Waals surface area contributed by atoms with Gasteiger partial charge in [-0.15, -0.1) is 0 Å². The second kappa shape index (κ2) is 5.44. The van der Waals surface area contributed by atoms with Crippen LogP contribution in [0.3, 0.4) is 0 Å². The SMILES string of the molecule is CC(c1noc(-c2ccoc2Br)n1)N1CCNCC1. The van der Waals surface area contributed by atoms with Crippen LogP contribution in [0.5, 0.6) is 0 Å². The highest BCUT2D eigenvalue weighted by atomic mass is 79.9. The van der Waals surface area contributed by atoms with Crippen molar-refractivity contribution >= 4 is 15.9 Å². The van der Waals surface area contributed by atoms with Gasteiger partial charge in [-0.1, -0.05) is 5.16 Å². The van der Waals surface area contributed by atoms with Gasteiger partial charge in [0.15, 0.2) is 10.5 Å². The average Bonchev–Trinajstić information content (AvgIpc) is 3.07. The first-order valence-corrected chi connectivity index (χ1v) is 7.07. The van der Waals surface area contributed by atoms with Gasteiger partial charge in [0, 0.05) is 26.2 Å². The van der Waals surface area contributed by atoms with Crippen LogP contribution in [0, 0.1) is 0 Å². The molecule has 1 saturated heterocycles. The quantitative estimate of drug-likeness (QED) is 0.931. The first-order chi connectivity index (χ1) is 9.25. The zero-order chi connectivity index (χ0) is 13.2. The van der Waals surface area contributed by atoms with Crippen LogP contribution >= 0.6 is 15.9 Å². The first kappa shape index (κ1) is 12.8. The number of piperazine rings is 1. The van der Waals surface area contributed by atoms with Crippen LogP contribution < -0.4 is 5.32 Å². The number of halogens is 1. The summed E-state index contributed by atoms with van der Waals surface area (Å²) in [5.74, 6) is 1.20. The van der Waals surface area contributed by atoms with Gasteiger partial charge >= 0.3 is 0 Å². The molecule has 0 amide bonds. The van der Waals surface area contributed by atoms with Gasteiger partial charge in [0.2, 0.25) is 0 Å². The Labute approximate surface area is 119 Å². The molecule has 3 rings (SSSR count). The second-order valence-electron chi connectivity index (χ2n) is 4.53. The van der Waals surface area contributed by atoms with E-state index < -0.39 is 0 Å². The number of hydrogen-bond acceptors (Lipinski definition) is 6. The molecule has 1 fully saturated rings. The summed E-state index contributed by atoms with van der Waals surface area (Å²) in [6.45, 7) is 6.11. The molecule has 7 heteroatoms. The maximum absolute atomic E-state index is 5.31. The summed E-state index contributed by atoms with van der Waals surface area (Å²) in [4.78, 5) is 6.80. The van der Waals surface area contributed by atoms with E-state index in [0.29, 0.717) is 16.4 Å². The predicted molar refractivity (Wildman–Crippen MR) is 72.6 cm³/mol. The fourth-order valence-electron chi connectivity index (χ4n) is 2.19. The minimum Gasteiger partial charge on any atom is -0.457 e. The molecule has 1 aliphatic heterocycles. The maximum atomic E-state index is 5.31. The van der Waals surface area contributed by atoms with Crippen molar-refractivity contribution in [3.63, 3.8) is 0 Å². The summed E-state index contributed by atoms with van der Waals surface area (Å²) >= 11 is 3.31.